The molecule has 212 valence electrons. The van der Waals surface area contributed by atoms with Crippen LogP contribution in [0.2, 0.25) is 0 Å². The average molecular weight is 554 g/mol. The van der Waals surface area contributed by atoms with E-state index in [4.69, 9.17) is 4.74 Å². The van der Waals surface area contributed by atoms with Crippen molar-refractivity contribution in [2.45, 2.75) is 26.5 Å². The summed E-state index contributed by atoms with van der Waals surface area (Å²) in [5.74, 6) is -0.176. The number of rotatable bonds is 9. The van der Waals surface area contributed by atoms with Crippen LogP contribution in [-0.2, 0) is 17.9 Å². The van der Waals surface area contributed by atoms with Gasteiger partial charge in [0, 0.05) is 44.8 Å². The molecule has 4 aromatic rings. The van der Waals surface area contributed by atoms with Crippen LogP contribution in [-0.4, -0.2) is 58.8 Å². The molecular formula is C32H35N5O4. The Hall–Kier alpha value is -4.63. The number of carbonyl (C=O) groups is 2. The second-order valence-corrected chi connectivity index (χ2v) is 10.0. The van der Waals surface area contributed by atoms with Crippen LogP contribution in [0.4, 0.5) is 4.79 Å². The second kappa shape index (κ2) is 13.1. The highest BCUT2D eigenvalue weighted by molar-refractivity contribution is 5.99. The third-order valence-electron chi connectivity index (χ3n) is 7.19. The number of aromatic nitrogens is 2. The molecule has 1 aliphatic rings. The molecule has 2 N–H and O–H groups in total. The first-order valence-corrected chi connectivity index (χ1v) is 14.0. The van der Waals surface area contributed by atoms with Gasteiger partial charge in [-0.3, -0.25) is 13.9 Å². The first-order chi connectivity index (χ1) is 20.0. The predicted molar refractivity (Wildman–Crippen MR) is 158 cm³/mol. The SMILES string of the molecule is Cc1ccccc1-n1c(-c2ccccc2)c(C(=O)N2CCNCC2)n(CCCNC(=O)OCc2ccccc2)c1=O. The van der Waals surface area contributed by atoms with Gasteiger partial charge in [0.2, 0.25) is 0 Å². The normalized spacial score (nSPS) is 13.1. The maximum absolute atomic E-state index is 14.1. The molecule has 9 nitrogen and oxygen atoms in total. The molecule has 0 atom stereocenters. The molecular weight excluding hydrogens is 518 g/mol. The molecule has 0 saturated carbocycles. The molecule has 5 rings (SSSR count). The maximum Gasteiger partial charge on any atom is 0.407 e. The van der Waals surface area contributed by atoms with Gasteiger partial charge in [-0.2, -0.15) is 0 Å². The molecule has 2 heterocycles. The number of carbonyl (C=O) groups excluding carboxylic acids is 2. The predicted octanol–water partition coefficient (Wildman–Crippen LogP) is 3.98. The zero-order valence-electron chi connectivity index (χ0n) is 23.2. The first kappa shape index (κ1) is 27.9. The summed E-state index contributed by atoms with van der Waals surface area (Å²) >= 11 is 0. The zero-order chi connectivity index (χ0) is 28.6. The Morgan fingerprint density at radius 2 is 1.56 bits per heavy atom. The molecule has 1 aromatic heterocycles. The van der Waals surface area contributed by atoms with Crippen LogP contribution in [0.15, 0.2) is 89.7 Å². The van der Waals surface area contributed by atoms with Crippen LogP contribution in [0.25, 0.3) is 16.9 Å². The summed E-state index contributed by atoms with van der Waals surface area (Å²) in [5, 5.41) is 6.05. The van der Waals surface area contributed by atoms with Gasteiger partial charge in [0.15, 0.2) is 0 Å². The quantitative estimate of drug-likeness (QED) is 0.306. The Labute approximate surface area is 239 Å². The monoisotopic (exact) mass is 553 g/mol. The molecule has 2 amide bonds. The lowest BCUT2D eigenvalue weighted by Gasteiger charge is -2.28. The number of amides is 2. The van der Waals surface area contributed by atoms with Gasteiger partial charge >= 0.3 is 11.8 Å². The van der Waals surface area contributed by atoms with Crippen molar-refractivity contribution in [1.29, 1.82) is 0 Å². The molecule has 41 heavy (non-hydrogen) atoms. The van der Waals surface area contributed by atoms with Crippen LogP contribution in [0.1, 0.15) is 28.0 Å². The Balaban J connectivity index is 1.45. The van der Waals surface area contributed by atoms with Gasteiger partial charge in [-0.1, -0.05) is 78.9 Å². The summed E-state index contributed by atoms with van der Waals surface area (Å²) in [5.41, 5.74) is 3.98. The Bertz CT molecular complexity index is 1540. The van der Waals surface area contributed by atoms with Crippen LogP contribution < -0.4 is 16.3 Å². The van der Waals surface area contributed by atoms with E-state index < -0.39 is 6.09 Å². The molecule has 1 saturated heterocycles. The number of alkyl carbamates (subject to hydrolysis) is 1. The molecule has 3 aromatic carbocycles. The number of hydrogen-bond donors (Lipinski definition) is 2. The van der Waals surface area contributed by atoms with Gasteiger partial charge in [-0.15, -0.1) is 0 Å². The third-order valence-corrected chi connectivity index (χ3v) is 7.19. The summed E-state index contributed by atoms with van der Waals surface area (Å²) in [7, 11) is 0. The molecule has 1 aliphatic heterocycles. The fourth-order valence-electron chi connectivity index (χ4n) is 5.09. The number of imidazole rings is 1. The van der Waals surface area contributed by atoms with E-state index in [2.05, 4.69) is 10.6 Å². The van der Waals surface area contributed by atoms with Gasteiger partial charge in [0.25, 0.3) is 5.91 Å². The van der Waals surface area contributed by atoms with Crippen molar-refractivity contribution < 1.29 is 14.3 Å². The maximum atomic E-state index is 14.1. The highest BCUT2D eigenvalue weighted by Gasteiger charge is 2.31. The number of benzene rings is 3. The van der Waals surface area contributed by atoms with E-state index in [1.807, 2.05) is 91.9 Å². The van der Waals surface area contributed by atoms with E-state index in [0.29, 0.717) is 44.0 Å². The summed E-state index contributed by atoms with van der Waals surface area (Å²) < 4.78 is 8.53. The van der Waals surface area contributed by atoms with E-state index in [1.165, 1.54) is 0 Å². The second-order valence-electron chi connectivity index (χ2n) is 10.0. The lowest BCUT2D eigenvalue weighted by molar-refractivity contribution is 0.0724. The Morgan fingerprint density at radius 1 is 0.902 bits per heavy atom. The number of aryl methyl sites for hydroxylation is 1. The largest absolute Gasteiger partial charge is 0.445 e. The number of nitrogens with one attached hydrogen (secondary N) is 2. The molecule has 0 aliphatic carbocycles. The number of hydrogen-bond acceptors (Lipinski definition) is 5. The highest BCUT2D eigenvalue weighted by atomic mass is 16.5. The van der Waals surface area contributed by atoms with Crippen LogP contribution in [0.5, 0.6) is 0 Å². The van der Waals surface area contributed by atoms with E-state index in [-0.39, 0.29) is 31.3 Å². The Morgan fingerprint density at radius 3 is 2.27 bits per heavy atom. The number of para-hydroxylation sites is 1. The van der Waals surface area contributed by atoms with Gasteiger partial charge in [0.1, 0.15) is 12.3 Å². The van der Waals surface area contributed by atoms with Crippen molar-refractivity contribution in [2.24, 2.45) is 0 Å². The van der Waals surface area contributed by atoms with Crippen LogP contribution >= 0.6 is 0 Å². The fraction of sp³-hybridized carbons (Fsp3) is 0.281. The van der Waals surface area contributed by atoms with Crippen molar-refractivity contribution >= 4 is 12.0 Å². The van der Waals surface area contributed by atoms with Crippen molar-refractivity contribution in [2.75, 3.05) is 32.7 Å². The lowest BCUT2D eigenvalue weighted by Crippen LogP contribution is -2.47. The van der Waals surface area contributed by atoms with Gasteiger partial charge in [-0.05, 0) is 30.5 Å². The first-order valence-electron chi connectivity index (χ1n) is 14.0. The van der Waals surface area contributed by atoms with E-state index in [0.717, 1.165) is 22.4 Å². The van der Waals surface area contributed by atoms with Crippen LogP contribution in [0, 0.1) is 6.92 Å². The third kappa shape index (κ3) is 6.41. The molecule has 0 bridgehead atoms. The zero-order valence-corrected chi connectivity index (χ0v) is 23.2. The highest BCUT2D eigenvalue weighted by Crippen LogP contribution is 2.29. The molecule has 9 heteroatoms. The number of ether oxygens (including phenoxy) is 1. The smallest absolute Gasteiger partial charge is 0.407 e. The van der Waals surface area contributed by atoms with Crippen molar-refractivity contribution in [3.05, 3.63) is 112 Å². The van der Waals surface area contributed by atoms with Crippen molar-refractivity contribution in [3.63, 3.8) is 0 Å². The Kier molecular flexibility index (Phi) is 8.95. The van der Waals surface area contributed by atoms with E-state index in [9.17, 15) is 14.4 Å². The number of piperazine rings is 1. The lowest BCUT2D eigenvalue weighted by atomic mass is 10.1. The number of nitrogens with zero attached hydrogens (tertiary/aromatic N) is 3. The fourth-order valence-corrected chi connectivity index (χ4v) is 5.09. The summed E-state index contributed by atoms with van der Waals surface area (Å²) in [6.45, 7) is 5.19. The summed E-state index contributed by atoms with van der Waals surface area (Å²) in [6, 6.07) is 26.7. The minimum Gasteiger partial charge on any atom is -0.445 e. The average Bonchev–Trinajstić information content (AvgIpc) is 3.31. The summed E-state index contributed by atoms with van der Waals surface area (Å²) in [4.78, 5) is 42.3. The van der Waals surface area contributed by atoms with Gasteiger partial charge in [0.05, 0.1) is 11.4 Å². The minimum absolute atomic E-state index is 0.176. The molecule has 0 unspecified atom stereocenters. The van der Waals surface area contributed by atoms with Crippen molar-refractivity contribution in [3.8, 4) is 16.9 Å². The van der Waals surface area contributed by atoms with Gasteiger partial charge < -0.3 is 20.3 Å². The molecule has 0 spiro atoms. The van der Waals surface area contributed by atoms with E-state index in [1.54, 1.807) is 14.0 Å². The van der Waals surface area contributed by atoms with Crippen molar-refractivity contribution in [1.82, 2.24) is 24.7 Å². The molecule has 1 fully saturated rings. The topological polar surface area (TPSA) is 97.6 Å². The minimum atomic E-state index is -0.527. The summed E-state index contributed by atoms with van der Waals surface area (Å²) in [6.07, 6.45) is -0.0884. The molecule has 0 radical (unpaired) electrons. The van der Waals surface area contributed by atoms with Crippen LogP contribution in [0.3, 0.4) is 0 Å². The van der Waals surface area contributed by atoms with E-state index >= 15 is 0 Å². The standard InChI is InChI=1S/C32H35N5O4/c1-24-11-8-9-16-27(24)37-28(26-14-6-3-7-15-26)29(30(38)35-21-18-33-19-22-35)36(32(37)40)20-10-17-34-31(39)41-23-25-12-4-2-5-13-25/h2-9,11-16,33H,10,17-23H2,1H3,(H,34,39). The van der Waals surface area contributed by atoms with Gasteiger partial charge in [-0.25, -0.2) is 9.59 Å².